The highest BCUT2D eigenvalue weighted by molar-refractivity contribution is 7.13. The van der Waals surface area contributed by atoms with Crippen molar-refractivity contribution in [2.75, 3.05) is 6.54 Å². The number of hydrogen-bond donors (Lipinski definition) is 1. The second-order valence-corrected chi connectivity index (χ2v) is 4.43. The lowest BCUT2D eigenvalue weighted by molar-refractivity contribution is 0.936. The van der Waals surface area contributed by atoms with Gasteiger partial charge in [-0.2, -0.15) is 0 Å². The molecule has 2 N–H and O–H groups in total. The van der Waals surface area contributed by atoms with Gasteiger partial charge in [0.05, 0.1) is 10.7 Å². The normalized spacial score (nSPS) is 10.5. The monoisotopic (exact) mass is 238 g/mol. The van der Waals surface area contributed by atoms with Crippen molar-refractivity contribution in [3.05, 3.63) is 40.4 Å². The van der Waals surface area contributed by atoms with Gasteiger partial charge in [-0.25, -0.2) is 4.98 Å². The Morgan fingerprint density at radius 2 is 2.13 bits per heavy atom. The Kier molecular flexibility index (Phi) is 3.36. The summed E-state index contributed by atoms with van der Waals surface area (Å²) in [5.41, 5.74) is 7.51. The Labute approximate surface area is 97.7 Å². The van der Waals surface area contributed by atoms with E-state index in [0.29, 0.717) is 6.54 Å². The molecule has 0 amide bonds. The first kappa shape index (κ1) is 10.6. The number of nitrogens with two attached hydrogens (primary N) is 1. The Hall–Kier alpha value is -0.900. The molecule has 0 bridgehead atoms. The first-order chi connectivity index (χ1) is 7.31. The van der Waals surface area contributed by atoms with Crippen LogP contribution in [0.1, 0.15) is 5.69 Å². The molecule has 0 fully saturated rings. The van der Waals surface area contributed by atoms with Crippen molar-refractivity contribution in [1.29, 1.82) is 0 Å². The highest BCUT2D eigenvalue weighted by Gasteiger charge is 2.07. The molecule has 0 radical (unpaired) electrons. The smallest absolute Gasteiger partial charge is 0.125 e. The molecule has 1 aromatic heterocycles. The molecule has 2 nitrogen and oxygen atoms in total. The van der Waals surface area contributed by atoms with E-state index in [1.807, 2.05) is 29.6 Å². The minimum atomic E-state index is 0.631. The molecule has 0 unspecified atom stereocenters. The SMILES string of the molecule is NCCc1csc(-c2ccccc2Cl)n1. The fourth-order valence-electron chi connectivity index (χ4n) is 1.33. The summed E-state index contributed by atoms with van der Waals surface area (Å²) in [6.45, 7) is 0.631. The summed E-state index contributed by atoms with van der Waals surface area (Å²) in [4.78, 5) is 4.49. The number of benzene rings is 1. The van der Waals surface area contributed by atoms with Gasteiger partial charge in [0.2, 0.25) is 0 Å². The predicted octanol–water partition coefficient (Wildman–Crippen LogP) is 2.96. The summed E-state index contributed by atoms with van der Waals surface area (Å²) in [6, 6.07) is 7.74. The number of nitrogens with zero attached hydrogens (tertiary/aromatic N) is 1. The van der Waals surface area contributed by atoms with Crippen LogP contribution in [0.15, 0.2) is 29.6 Å². The summed E-state index contributed by atoms with van der Waals surface area (Å²) < 4.78 is 0. The second-order valence-electron chi connectivity index (χ2n) is 3.16. The van der Waals surface area contributed by atoms with Crippen LogP contribution in [-0.2, 0) is 6.42 Å². The van der Waals surface area contributed by atoms with E-state index in [9.17, 15) is 0 Å². The third-order valence-corrected chi connectivity index (χ3v) is 3.31. The third-order valence-electron chi connectivity index (χ3n) is 2.06. The van der Waals surface area contributed by atoms with Gasteiger partial charge >= 0.3 is 0 Å². The summed E-state index contributed by atoms with van der Waals surface area (Å²) in [5.74, 6) is 0. The summed E-state index contributed by atoms with van der Waals surface area (Å²) in [5, 5.41) is 3.74. The van der Waals surface area contributed by atoms with E-state index in [0.717, 1.165) is 27.7 Å². The fraction of sp³-hybridized carbons (Fsp3) is 0.182. The average Bonchev–Trinajstić information content (AvgIpc) is 2.68. The zero-order valence-electron chi connectivity index (χ0n) is 8.11. The van der Waals surface area contributed by atoms with Crippen molar-refractivity contribution in [2.24, 2.45) is 5.73 Å². The highest BCUT2D eigenvalue weighted by Crippen LogP contribution is 2.29. The quantitative estimate of drug-likeness (QED) is 0.893. The summed E-state index contributed by atoms with van der Waals surface area (Å²) >= 11 is 7.69. The Morgan fingerprint density at radius 1 is 1.33 bits per heavy atom. The molecule has 4 heteroatoms. The van der Waals surface area contributed by atoms with Gasteiger partial charge in [0.1, 0.15) is 5.01 Å². The van der Waals surface area contributed by atoms with Crippen LogP contribution in [0.2, 0.25) is 5.02 Å². The van der Waals surface area contributed by atoms with E-state index in [2.05, 4.69) is 4.98 Å². The summed E-state index contributed by atoms with van der Waals surface area (Å²) in [6.07, 6.45) is 0.820. The van der Waals surface area contributed by atoms with E-state index in [1.54, 1.807) is 11.3 Å². The van der Waals surface area contributed by atoms with E-state index in [-0.39, 0.29) is 0 Å². The van der Waals surface area contributed by atoms with Crippen molar-refractivity contribution in [3.63, 3.8) is 0 Å². The van der Waals surface area contributed by atoms with Crippen molar-refractivity contribution < 1.29 is 0 Å². The maximum Gasteiger partial charge on any atom is 0.125 e. The molecule has 15 heavy (non-hydrogen) atoms. The molecule has 0 aliphatic carbocycles. The maximum atomic E-state index is 6.09. The van der Waals surface area contributed by atoms with Gasteiger partial charge in [0.25, 0.3) is 0 Å². The molecule has 1 aromatic carbocycles. The minimum Gasteiger partial charge on any atom is -0.330 e. The second kappa shape index (κ2) is 4.75. The van der Waals surface area contributed by atoms with E-state index in [1.165, 1.54) is 0 Å². The van der Waals surface area contributed by atoms with Crippen molar-refractivity contribution in [3.8, 4) is 10.6 Å². The molecule has 0 saturated carbocycles. The van der Waals surface area contributed by atoms with Crippen molar-refractivity contribution in [1.82, 2.24) is 4.98 Å². The van der Waals surface area contributed by atoms with Gasteiger partial charge < -0.3 is 5.73 Å². The Bertz CT molecular complexity index is 453. The molecule has 2 aromatic rings. The van der Waals surface area contributed by atoms with Crippen molar-refractivity contribution in [2.45, 2.75) is 6.42 Å². The van der Waals surface area contributed by atoms with Crippen LogP contribution in [0.25, 0.3) is 10.6 Å². The largest absolute Gasteiger partial charge is 0.330 e. The minimum absolute atomic E-state index is 0.631. The molecule has 0 spiro atoms. The van der Waals surface area contributed by atoms with Gasteiger partial charge in [0.15, 0.2) is 0 Å². The maximum absolute atomic E-state index is 6.09. The summed E-state index contributed by atoms with van der Waals surface area (Å²) in [7, 11) is 0. The van der Waals surface area contributed by atoms with Gasteiger partial charge in [-0.3, -0.25) is 0 Å². The number of thiazole rings is 1. The van der Waals surface area contributed by atoms with Crippen molar-refractivity contribution >= 4 is 22.9 Å². The standard InChI is InChI=1S/C11H11ClN2S/c12-10-4-2-1-3-9(10)11-14-8(5-6-13)7-15-11/h1-4,7H,5-6,13H2. The van der Waals surface area contributed by atoms with Crippen LogP contribution in [0.3, 0.4) is 0 Å². The van der Waals surface area contributed by atoms with Crippen LogP contribution >= 0.6 is 22.9 Å². The number of aromatic nitrogens is 1. The zero-order valence-corrected chi connectivity index (χ0v) is 9.68. The lowest BCUT2D eigenvalue weighted by atomic mass is 10.2. The molecular weight excluding hydrogens is 228 g/mol. The number of halogens is 1. The van der Waals surface area contributed by atoms with E-state index < -0.39 is 0 Å². The van der Waals surface area contributed by atoms with Crippen LogP contribution < -0.4 is 5.73 Å². The van der Waals surface area contributed by atoms with Crippen LogP contribution in [0.4, 0.5) is 0 Å². The zero-order chi connectivity index (χ0) is 10.7. The third kappa shape index (κ3) is 2.37. The lowest BCUT2D eigenvalue weighted by Crippen LogP contribution is -2.02. The predicted molar refractivity (Wildman–Crippen MR) is 65.3 cm³/mol. The molecule has 0 aliphatic rings. The van der Waals surface area contributed by atoms with E-state index >= 15 is 0 Å². The van der Waals surface area contributed by atoms with E-state index in [4.69, 9.17) is 17.3 Å². The molecule has 0 saturated heterocycles. The number of rotatable bonds is 3. The first-order valence-corrected chi connectivity index (χ1v) is 5.96. The highest BCUT2D eigenvalue weighted by atomic mass is 35.5. The molecule has 0 atom stereocenters. The molecule has 1 heterocycles. The topological polar surface area (TPSA) is 38.9 Å². The first-order valence-electron chi connectivity index (χ1n) is 4.70. The Morgan fingerprint density at radius 3 is 2.87 bits per heavy atom. The lowest BCUT2D eigenvalue weighted by Gasteiger charge is -1.98. The fourth-order valence-corrected chi connectivity index (χ4v) is 2.50. The molecular formula is C11H11ClN2S. The van der Waals surface area contributed by atoms with Crippen LogP contribution in [-0.4, -0.2) is 11.5 Å². The van der Waals surface area contributed by atoms with Crippen LogP contribution in [0, 0.1) is 0 Å². The molecule has 2 rings (SSSR count). The molecule has 0 aliphatic heterocycles. The van der Waals surface area contributed by atoms with Crippen LogP contribution in [0.5, 0.6) is 0 Å². The average molecular weight is 239 g/mol. The van der Waals surface area contributed by atoms with Gasteiger partial charge in [0, 0.05) is 17.4 Å². The van der Waals surface area contributed by atoms with Gasteiger partial charge in [-0.05, 0) is 12.6 Å². The van der Waals surface area contributed by atoms with Gasteiger partial charge in [-0.1, -0.05) is 29.8 Å². The number of hydrogen-bond acceptors (Lipinski definition) is 3. The molecule has 78 valence electrons. The van der Waals surface area contributed by atoms with Gasteiger partial charge in [-0.15, -0.1) is 11.3 Å². The Balaban J connectivity index is 2.33.